The number of rotatable bonds is 6. The largest absolute Gasteiger partial charge is 0.482 e. The lowest BCUT2D eigenvalue weighted by Crippen LogP contribution is -2.26. The van der Waals surface area contributed by atoms with E-state index in [2.05, 4.69) is 0 Å². The summed E-state index contributed by atoms with van der Waals surface area (Å²) in [5.41, 5.74) is 3.78. The summed E-state index contributed by atoms with van der Waals surface area (Å²) in [5.74, 6) is -0.106. The van der Waals surface area contributed by atoms with Crippen molar-refractivity contribution < 1.29 is 33.3 Å². The van der Waals surface area contributed by atoms with E-state index >= 15 is 0 Å². The van der Waals surface area contributed by atoms with Crippen LogP contribution in [0.4, 0.5) is 0 Å². The monoisotopic (exact) mass is 460 g/mol. The second kappa shape index (κ2) is 9.09. The van der Waals surface area contributed by atoms with E-state index in [1.807, 2.05) is 60.7 Å². The van der Waals surface area contributed by atoms with Gasteiger partial charge in [-0.3, -0.25) is 4.79 Å². The lowest BCUT2D eigenvalue weighted by Gasteiger charge is -2.25. The van der Waals surface area contributed by atoms with Gasteiger partial charge < -0.3 is 23.7 Å². The number of esters is 2. The van der Waals surface area contributed by atoms with E-state index in [0.29, 0.717) is 17.2 Å². The van der Waals surface area contributed by atoms with Crippen molar-refractivity contribution in [2.45, 2.75) is 11.8 Å². The average molecular weight is 460 g/mol. The third kappa shape index (κ3) is 3.73. The molecule has 0 saturated carbocycles. The van der Waals surface area contributed by atoms with E-state index in [1.54, 1.807) is 6.07 Å². The maximum Gasteiger partial charge on any atom is 0.343 e. The highest BCUT2D eigenvalue weighted by molar-refractivity contribution is 5.80. The number of methoxy groups -OCH3 is 2. The molecule has 5 rings (SSSR count). The minimum atomic E-state index is -0.550. The number of fused-ring (bicyclic) bond motifs is 2. The molecule has 0 fully saturated rings. The Bertz CT molecular complexity index is 1240. The molecular formula is C27H24O7. The van der Waals surface area contributed by atoms with E-state index in [1.165, 1.54) is 14.2 Å². The van der Waals surface area contributed by atoms with Crippen molar-refractivity contribution in [1.29, 1.82) is 0 Å². The Hall–Kier alpha value is -4.00. The van der Waals surface area contributed by atoms with E-state index in [4.69, 9.17) is 23.7 Å². The predicted molar refractivity (Wildman–Crippen MR) is 122 cm³/mol. The summed E-state index contributed by atoms with van der Waals surface area (Å²) >= 11 is 0. The zero-order valence-corrected chi connectivity index (χ0v) is 18.9. The summed E-state index contributed by atoms with van der Waals surface area (Å²) in [6.07, 6.45) is 0. The van der Waals surface area contributed by atoms with Gasteiger partial charge >= 0.3 is 11.9 Å². The zero-order chi connectivity index (χ0) is 23.7. The van der Waals surface area contributed by atoms with Crippen LogP contribution >= 0.6 is 0 Å². The lowest BCUT2D eigenvalue weighted by molar-refractivity contribution is -0.146. The minimum Gasteiger partial charge on any atom is -0.482 e. The average Bonchev–Trinajstić information content (AvgIpc) is 3.49. The number of carbonyl (C=O) groups is 2. The van der Waals surface area contributed by atoms with Crippen LogP contribution in [0, 0.1) is 5.92 Å². The fourth-order valence-corrected chi connectivity index (χ4v) is 4.98. The summed E-state index contributed by atoms with van der Waals surface area (Å²) in [6, 6.07) is 21.2. The van der Waals surface area contributed by atoms with Crippen LogP contribution in [0.5, 0.6) is 17.2 Å². The molecule has 0 N–H and O–H groups in total. The molecule has 0 saturated heterocycles. The molecule has 0 aromatic heterocycles. The number of ether oxygens (including phenoxy) is 5. The van der Waals surface area contributed by atoms with E-state index in [-0.39, 0.29) is 31.2 Å². The Morgan fingerprint density at radius 3 is 2.24 bits per heavy atom. The maximum absolute atomic E-state index is 13.3. The van der Waals surface area contributed by atoms with Crippen LogP contribution in [0.1, 0.15) is 34.1 Å². The number of para-hydroxylation sites is 1. The SMILES string of the molecule is COC(=O)COc1ccccc1[C@@H]1c2ccccc2[C@H](c2ccc3c(c2)OCO3)[C@H]1C(=O)OC. The summed E-state index contributed by atoms with van der Waals surface area (Å²) in [5, 5.41) is 0. The first-order valence-electron chi connectivity index (χ1n) is 11.0. The van der Waals surface area contributed by atoms with Crippen LogP contribution in [-0.4, -0.2) is 39.6 Å². The van der Waals surface area contributed by atoms with Crippen LogP contribution in [0.3, 0.4) is 0 Å². The molecular weight excluding hydrogens is 436 g/mol. The van der Waals surface area contributed by atoms with Crippen molar-refractivity contribution in [2.24, 2.45) is 5.92 Å². The van der Waals surface area contributed by atoms with Crippen molar-refractivity contribution in [1.82, 2.24) is 0 Å². The third-order valence-corrected chi connectivity index (χ3v) is 6.44. The highest BCUT2D eigenvalue weighted by atomic mass is 16.7. The van der Waals surface area contributed by atoms with Gasteiger partial charge in [0.1, 0.15) is 5.75 Å². The van der Waals surface area contributed by atoms with Crippen LogP contribution in [0.15, 0.2) is 66.7 Å². The second-order valence-corrected chi connectivity index (χ2v) is 8.15. The van der Waals surface area contributed by atoms with Crippen LogP contribution in [-0.2, 0) is 19.1 Å². The first kappa shape index (κ1) is 21.8. The molecule has 2 aliphatic rings. The molecule has 3 atom stereocenters. The fourth-order valence-electron chi connectivity index (χ4n) is 4.98. The molecule has 0 spiro atoms. The molecule has 3 aromatic carbocycles. The Balaban J connectivity index is 1.64. The standard InChI is InChI=1S/C27H24O7/c1-30-23(28)14-32-20-10-6-5-9-19(20)25-18-8-4-3-7-17(18)24(26(25)27(29)31-2)16-11-12-21-22(13-16)34-15-33-21/h3-13,24-26H,14-15H2,1-2H3/t24-,25-,26+/m0/s1. The Kier molecular flexibility index (Phi) is 5.84. The summed E-state index contributed by atoms with van der Waals surface area (Å²) in [7, 11) is 2.72. The zero-order valence-electron chi connectivity index (χ0n) is 18.9. The summed E-state index contributed by atoms with van der Waals surface area (Å²) < 4.78 is 26.9. The van der Waals surface area contributed by atoms with Crippen molar-refractivity contribution in [3.63, 3.8) is 0 Å². The van der Waals surface area contributed by atoms with Gasteiger partial charge in [0.25, 0.3) is 0 Å². The molecule has 0 radical (unpaired) electrons. The van der Waals surface area contributed by atoms with Gasteiger partial charge in [-0.1, -0.05) is 48.5 Å². The van der Waals surface area contributed by atoms with Gasteiger partial charge in [0.15, 0.2) is 18.1 Å². The third-order valence-electron chi connectivity index (χ3n) is 6.44. The molecule has 0 amide bonds. The highest BCUT2D eigenvalue weighted by Crippen LogP contribution is 2.55. The van der Waals surface area contributed by atoms with Crippen LogP contribution in [0.2, 0.25) is 0 Å². The molecule has 0 bridgehead atoms. The number of hydrogen-bond acceptors (Lipinski definition) is 7. The van der Waals surface area contributed by atoms with E-state index in [9.17, 15) is 9.59 Å². The predicted octanol–water partition coefficient (Wildman–Crippen LogP) is 4.03. The quantitative estimate of drug-likeness (QED) is 0.514. The maximum atomic E-state index is 13.3. The van der Waals surface area contributed by atoms with Crippen molar-refractivity contribution >= 4 is 11.9 Å². The molecule has 34 heavy (non-hydrogen) atoms. The van der Waals surface area contributed by atoms with E-state index in [0.717, 1.165) is 22.3 Å². The molecule has 1 aliphatic carbocycles. The smallest absolute Gasteiger partial charge is 0.343 e. The Morgan fingerprint density at radius 1 is 0.824 bits per heavy atom. The van der Waals surface area contributed by atoms with Gasteiger partial charge in [-0.15, -0.1) is 0 Å². The minimum absolute atomic E-state index is 0.175. The first-order chi connectivity index (χ1) is 16.6. The molecule has 1 aliphatic heterocycles. The fraction of sp³-hybridized carbons (Fsp3) is 0.259. The van der Waals surface area contributed by atoms with Gasteiger partial charge in [0, 0.05) is 17.4 Å². The lowest BCUT2D eigenvalue weighted by atomic mass is 9.79. The molecule has 7 nitrogen and oxygen atoms in total. The summed E-state index contributed by atoms with van der Waals surface area (Å²) in [4.78, 5) is 25.0. The van der Waals surface area contributed by atoms with Crippen LogP contribution in [0.25, 0.3) is 0 Å². The van der Waals surface area contributed by atoms with Gasteiger partial charge in [-0.2, -0.15) is 0 Å². The van der Waals surface area contributed by atoms with Crippen molar-refractivity contribution in [2.75, 3.05) is 27.6 Å². The van der Waals surface area contributed by atoms with Crippen molar-refractivity contribution in [3.05, 3.63) is 89.0 Å². The summed E-state index contributed by atoms with van der Waals surface area (Å²) in [6.45, 7) is -0.0512. The topological polar surface area (TPSA) is 80.3 Å². The molecule has 1 heterocycles. The van der Waals surface area contributed by atoms with Gasteiger partial charge in [0.2, 0.25) is 6.79 Å². The van der Waals surface area contributed by atoms with Crippen LogP contribution < -0.4 is 14.2 Å². The molecule has 7 heteroatoms. The second-order valence-electron chi connectivity index (χ2n) is 8.15. The van der Waals surface area contributed by atoms with Gasteiger partial charge in [-0.25, -0.2) is 4.79 Å². The number of carbonyl (C=O) groups excluding carboxylic acids is 2. The number of benzene rings is 3. The van der Waals surface area contributed by atoms with Crippen molar-refractivity contribution in [3.8, 4) is 17.2 Å². The number of hydrogen-bond donors (Lipinski definition) is 0. The van der Waals surface area contributed by atoms with E-state index < -0.39 is 11.9 Å². The van der Waals surface area contributed by atoms with Gasteiger partial charge in [0.05, 0.1) is 20.1 Å². The normalized spacial score (nSPS) is 19.9. The first-order valence-corrected chi connectivity index (χ1v) is 11.0. The Morgan fingerprint density at radius 2 is 1.50 bits per heavy atom. The molecule has 174 valence electrons. The Labute approximate surface area is 197 Å². The molecule has 3 aromatic rings. The van der Waals surface area contributed by atoms with Gasteiger partial charge in [-0.05, 0) is 34.9 Å². The molecule has 0 unspecified atom stereocenters. The highest BCUT2D eigenvalue weighted by Gasteiger charge is 2.48.